The van der Waals surface area contributed by atoms with E-state index in [0.717, 1.165) is 41.7 Å². The van der Waals surface area contributed by atoms with Gasteiger partial charge in [0.15, 0.2) is 49.4 Å². The summed E-state index contributed by atoms with van der Waals surface area (Å²) in [5.74, 6) is -9.54. The summed E-state index contributed by atoms with van der Waals surface area (Å²) in [7, 11) is -4.84. The van der Waals surface area contributed by atoms with Gasteiger partial charge >= 0.3 is 58.3 Å². The highest BCUT2D eigenvalue weighted by Crippen LogP contribution is 2.38. The molecular formula is C60H67N3O28S. The normalized spacial score (nSPS) is 26.0. The zero-order valence-corrected chi connectivity index (χ0v) is 50.9. The smallest absolute Gasteiger partial charge is 0.407 e. The van der Waals surface area contributed by atoms with Crippen molar-refractivity contribution in [3.05, 3.63) is 144 Å². The van der Waals surface area contributed by atoms with Gasteiger partial charge in [-0.25, -0.2) is 28.2 Å². The molecule has 3 heterocycles. The van der Waals surface area contributed by atoms with Crippen LogP contribution in [0.3, 0.4) is 0 Å². The number of benzene rings is 4. The SMILES string of the molecule is COC(=O)[C@H]1O[C@@H](O[C@@H]2[C@@H](NC(C)=O)[C@H](OCCNC(=O)OCc3ccccc3)O[C@H](COC(=O)c3ccccc3)[C@@H]2OS(=O)(=O)O)[C@H](OC(=O)c2ccccc2)[C@@H](OC(=O)c2ccccc2)[C@@H]1O[C@@H]1O[C@H](COC(C)=O)[C@H](OC(C)=O)[C@H](OC(C)=O)[C@H]1NC(C)=O. The van der Waals surface area contributed by atoms with Gasteiger partial charge in [-0.15, -0.1) is 0 Å². The quantitative estimate of drug-likeness (QED) is 0.0302. The van der Waals surface area contributed by atoms with Crippen molar-refractivity contribution in [1.29, 1.82) is 0 Å². The molecule has 31 nitrogen and oxygen atoms in total. The lowest BCUT2D eigenvalue weighted by molar-refractivity contribution is -0.358. The van der Waals surface area contributed by atoms with Crippen LogP contribution in [0.15, 0.2) is 121 Å². The Balaban J connectivity index is 1.39. The van der Waals surface area contributed by atoms with E-state index in [1.165, 1.54) is 72.8 Å². The summed E-state index contributed by atoms with van der Waals surface area (Å²) in [6.07, 6.45) is -28.3. The van der Waals surface area contributed by atoms with E-state index in [2.05, 4.69) is 16.0 Å². The molecule has 3 amide bonds. The van der Waals surface area contributed by atoms with E-state index in [9.17, 15) is 60.9 Å². The lowest BCUT2D eigenvalue weighted by Crippen LogP contribution is -2.71. The minimum atomic E-state index is -5.71. The maximum absolute atomic E-state index is 14.7. The second-order valence-electron chi connectivity index (χ2n) is 20.4. The molecule has 496 valence electrons. The molecule has 4 N–H and O–H groups in total. The van der Waals surface area contributed by atoms with E-state index < -0.39 is 182 Å². The second kappa shape index (κ2) is 33.4. The highest BCUT2D eigenvalue weighted by atomic mass is 32.3. The Kier molecular flexibility index (Phi) is 25.6. The highest BCUT2D eigenvalue weighted by Gasteiger charge is 2.61. The molecule has 0 spiro atoms. The number of alkyl carbamates (subject to hydrolysis) is 1. The number of esters is 7. The number of carbonyl (C=O) groups is 10. The first-order chi connectivity index (χ1) is 43.9. The van der Waals surface area contributed by atoms with Gasteiger partial charge in [0.1, 0.15) is 62.4 Å². The first-order valence-corrected chi connectivity index (χ1v) is 29.6. The summed E-state index contributed by atoms with van der Waals surface area (Å²) in [4.78, 5) is 135. The number of amides is 3. The summed E-state index contributed by atoms with van der Waals surface area (Å²) < 4.78 is 125. The Bertz CT molecular complexity index is 3310. The van der Waals surface area contributed by atoms with Crippen molar-refractivity contribution in [2.75, 3.05) is 33.5 Å². The van der Waals surface area contributed by atoms with Crippen molar-refractivity contribution in [3.8, 4) is 0 Å². The largest absolute Gasteiger partial charge is 0.467 e. The Hall–Kier alpha value is -8.99. The second-order valence-corrected chi connectivity index (χ2v) is 21.5. The fourth-order valence-corrected chi connectivity index (χ4v) is 10.3. The molecule has 3 fully saturated rings. The zero-order chi connectivity index (χ0) is 66.6. The fraction of sp³-hybridized carbons (Fsp3) is 0.433. The van der Waals surface area contributed by atoms with Gasteiger partial charge in [-0.1, -0.05) is 84.9 Å². The van der Waals surface area contributed by atoms with Crippen LogP contribution in [0.25, 0.3) is 0 Å². The van der Waals surface area contributed by atoms with Gasteiger partial charge in [-0.2, -0.15) is 8.42 Å². The maximum atomic E-state index is 14.7. The van der Waals surface area contributed by atoms with Crippen LogP contribution in [0.5, 0.6) is 0 Å². The molecule has 0 radical (unpaired) electrons. The zero-order valence-electron chi connectivity index (χ0n) is 50.1. The number of nitrogens with one attached hydrogen (secondary N) is 3. The molecule has 7 rings (SSSR count). The highest BCUT2D eigenvalue weighted by molar-refractivity contribution is 7.80. The van der Waals surface area contributed by atoms with Crippen LogP contribution in [0.1, 0.15) is 71.3 Å². The average molecular weight is 1310 g/mol. The summed E-state index contributed by atoms with van der Waals surface area (Å²) in [6.45, 7) is 2.31. The Morgan fingerprint density at radius 1 is 0.489 bits per heavy atom. The molecule has 0 aromatic heterocycles. The van der Waals surface area contributed by atoms with Crippen molar-refractivity contribution in [3.63, 3.8) is 0 Å². The van der Waals surface area contributed by atoms with Gasteiger partial charge < -0.3 is 82.3 Å². The molecule has 3 aliphatic rings. The van der Waals surface area contributed by atoms with E-state index >= 15 is 0 Å². The van der Waals surface area contributed by atoms with Crippen molar-refractivity contribution in [1.82, 2.24) is 16.0 Å². The summed E-state index contributed by atoms with van der Waals surface area (Å²) >= 11 is 0. The molecule has 15 atom stereocenters. The molecule has 3 aliphatic heterocycles. The summed E-state index contributed by atoms with van der Waals surface area (Å²) in [5, 5.41) is 7.50. The number of hydrogen-bond donors (Lipinski definition) is 4. The molecule has 0 saturated carbocycles. The number of rotatable bonds is 26. The van der Waals surface area contributed by atoms with E-state index in [1.807, 2.05) is 0 Å². The Morgan fingerprint density at radius 2 is 0.967 bits per heavy atom. The molecule has 32 heteroatoms. The minimum Gasteiger partial charge on any atom is -0.467 e. The Labute approximate surface area is 526 Å². The summed E-state index contributed by atoms with van der Waals surface area (Å²) in [6, 6.07) is 26.4. The van der Waals surface area contributed by atoms with Gasteiger partial charge in [0.2, 0.25) is 11.8 Å². The molecular weight excluding hydrogens is 1240 g/mol. The predicted molar refractivity (Wildman–Crippen MR) is 306 cm³/mol. The van der Waals surface area contributed by atoms with Crippen molar-refractivity contribution < 1.29 is 131 Å². The molecule has 92 heavy (non-hydrogen) atoms. The predicted octanol–water partition coefficient (Wildman–Crippen LogP) is 1.98. The van der Waals surface area contributed by atoms with Gasteiger partial charge in [0.05, 0.1) is 30.4 Å². The molecule has 0 unspecified atom stereocenters. The van der Waals surface area contributed by atoms with Crippen molar-refractivity contribution in [2.24, 2.45) is 0 Å². The lowest BCUT2D eigenvalue weighted by atomic mass is 9.93. The van der Waals surface area contributed by atoms with Crippen LogP contribution in [-0.4, -0.2) is 198 Å². The van der Waals surface area contributed by atoms with Crippen molar-refractivity contribution >= 4 is 70.1 Å². The third-order valence-corrected chi connectivity index (χ3v) is 14.1. The van der Waals surface area contributed by atoms with Gasteiger partial charge in [-0.3, -0.25) is 28.5 Å². The standard InChI is InChI=1S/C60H67N3O28S/c1-32(64)62-43-48(46(91-92(74,75)76)42(31-80-53(69)38-21-13-8-14-22-38)84-57(43)78-28-27-61-60(73)81-29-37-19-11-7-12-20-37)88-59-52(87-55(71)40-25-17-10-18-26-40)50(86-54(70)39-23-15-9-16-24-39)49(51(90-59)56(72)77-6)89-58-44(63-33(2)65)47(83-36(5)68)45(82-35(4)67)41(85-58)30-79-34(3)66/h7-26,41-52,57-59H,27-31H2,1-6H3,(H,61,73)(H,62,64)(H,63,65)(H,74,75,76)/t41-,42-,43-,44-,45+,46+,47-,48-,49+,50+,51+,52-,57-,58+,59-/m1/s1. The third kappa shape index (κ3) is 20.3. The lowest BCUT2D eigenvalue weighted by Gasteiger charge is -2.50. The third-order valence-electron chi connectivity index (χ3n) is 13.6. The van der Waals surface area contributed by atoms with Crippen LogP contribution in [0.2, 0.25) is 0 Å². The Morgan fingerprint density at radius 3 is 1.49 bits per heavy atom. The van der Waals surface area contributed by atoms with E-state index in [0.29, 0.717) is 5.56 Å². The van der Waals surface area contributed by atoms with Crippen LogP contribution in [0, 0.1) is 0 Å². The first kappa shape index (κ1) is 70.5. The molecule has 4 aromatic rings. The van der Waals surface area contributed by atoms with Crippen LogP contribution >= 0.6 is 0 Å². The minimum absolute atomic E-state index is 0.00838. The maximum Gasteiger partial charge on any atom is 0.407 e. The van der Waals surface area contributed by atoms with E-state index in [-0.39, 0.29) is 29.8 Å². The monoisotopic (exact) mass is 1310 g/mol. The number of methoxy groups -OCH3 is 1. The van der Waals surface area contributed by atoms with Crippen LogP contribution in [-0.2, 0) is 116 Å². The number of ether oxygens (including phenoxy) is 14. The van der Waals surface area contributed by atoms with E-state index in [4.69, 9.17) is 70.5 Å². The average Bonchev–Trinajstić information content (AvgIpc) is 0.761. The number of carbonyl (C=O) groups excluding carboxylic acids is 10. The first-order valence-electron chi connectivity index (χ1n) is 28.2. The summed E-state index contributed by atoms with van der Waals surface area (Å²) in [5.41, 5.74) is 0.270. The fourth-order valence-electron chi connectivity index (χ4n) is 9.79. The molecule has 0 bridgehead atoms. The topological polar surface area (TPSA) is 400 Å². The molecule has 0 aliphatic carbocycles. The van der Waals surface area contributed by atoms with E-state index in [1.54, 1.807) is 48.5 Å². The van der Waals surface area contributed by atoms with Crippen LogP contribution < -0.4 is 16.0 Å². The van der Waals surface area contributed by atoms with Gasteiger partial charge in [-0.05, 0) is 42.0 Å². The molecule has 4 aromatic carbocycles. The van der Waals surface area contributed by atoms with Crippen molar-refractivity contribution in [2.45, 2.75) is 133 Å². The van der Waals surface area contributed by atoms with Gasteiger partial charge in [0.25, 0.3) is 0 Å². The number of hydrogen-bond acceptors (Lipinski definition) is 27. The molecule has 3 saturated heterocycles. The van der Waals surface area contributed by atoms with Gasteiger partial charge in [0, 0.05) is 41.2 Å². The van der Waals surface area contributed by atoms with Crippen LogP contribution in [0.4, 0.5) is 4.79 Å².